The number of benzene rings is 2. The fourth-order valence-corrected chi connectivity index (χ4v) is 3.57. The van der Waals surface area contributed by atoms with Gasteiger partial charge in [-0.2, -0.15) is 0 Å². The third-order valence-electron chi connectivity index (χ3n) is 4.86. The van der Waals surface area contributed by atoms with Crippen molar-refractivity contribution in [1.29, 1.82) is 0 Å². The third-order valence-corrected chi connectivity index (χ3v) is 4.86. The third kappa shape index (κ3) is 2.60. The molecule has 1 fully saturated rings. The van der Waals surface area contributed by atoms with E-state index in [-0.39, 0.29) is 22.8 Å². The van der Waals surface area contributed by atoms with Crippen LogP contribution < -0.4 is 4.90 Å². The quantitative estimate of drug-likeness (QED) is 0.366. The van der Waals surface area contributed by atoms with Gasteiger partial charge in [-0.15, -0.1) is 0 Å². The van der Waals surface area contributed by atoms with Crippen LogP contribution >= 0.6 is 0 Å². The second-order valence-electron chi connectivity index (χ2n) is 6.46. The van der Waals surface area contributed by atoms with Crippen LogP contribution in [-0.4, -0.2) is 29.6 Å². The first-order chi connectivity index (χ1) is 12.6. The van der Waals surface area contributed by atoms with Crippen molar-refractivity contribution in [1.82, 2.24) is 0 Å². The second kappa shape index (κ2) is 6.22. The average Bonchev–Trinajstić information content (AvgIpc) is 3.26. The van der Waals surface area contributed by atoms with Gasteiger partial charge >= 0.3 is 0 Å². The van der Waals surface area contributed by atoms with Gasteiger partial charge < -0.3 is 4.90 Å². The van der Waals surface area contributed by atoms with Gasteiger partial charge in [-0.3, -0.25) is 19.7 Å². The highest BCUT2D eigenvalue weighted by atomic mass is 16.6. The van der Waals surface area contributed by atoms with Crippen molar-refractivity contribution in [2.24, 2.45) is 0 Å². The van der Waals surface area contributed by atoms with Gasteiger partial charge in [0.1, 0.15) is 5.69 Å². The zero-order valence-electron chi connectivity index (χ0n) is 14.0. The topological polar surface area (TPSA) is 80.5 Å². The molecule has 0 saturated carbocycles. The number of carbonyl (C=O) groups is 2. The maximum atomic E-state index is 12.5. The summed E-state index contributed by atoms with van der Waals surface area (Å²) in [5, 5.41) is 11.5. The zero-order chi connectivity index (χ0) is 18.3. The predicted octanol–water partition coefficient (Wildman–Crippen LogP) is 3.66. The van der Waals surface area contributed by atoms with Crippen molar-refractivity contribution < 1.29 is 14.5 Å². The highest BCUT2D eigenvalue weighted by molar-refractivity contribution is 6.41. The number of rotatable bonds is 3. The molecule has 1 saturated heterocycles. The summed E-state index contributed by atoms with van der Waals surface area (Å²) in [6.45, 7) is 1.60. The van der Waals surface area contributed by atoms with Crippen LogP contribution in [0.2, 0.25) is 0 Å². The van der Waals surface area contributed by atoms with Gasteiger partial charge in [-0.25, -0.2) is 0 Å². The molecule has 6 heteroatoms. The highest BCUT2D eigenvalue weighted by Crippen LogP contribution is 2.33. The normalized spacial score (nSPS) is 16.2. The molecular weight excluding hydrogens is 332 g/mol. The Kier molecular flexibility index (Phi) is 3.88. The van der Waals surface area contributed by atoms with Crippen LogP contribution in [0.5, 0.6) is 0 Å². The van der Waals surface area contributed by atoms with Gasteiger partial charge in [0.05, 0.1) is 10.5 Å². The lowest BCUT2D eigenvalue weighted by molar-refractivity contribution is -0.384. The van der Waals surface area contributed by atoms with E-state index < -0.39 is 4.92 Å². The fourth-order valence-electron chi connectivity index (χ4n) is 3.57. The summed E-state index contributed by atoms with van der Waals surface area (Å²) in [5.41, 5.74) is 1.87. The van der Waals surface area contributed by atoms with Crippen LogP contribution in [0.15, 0.2) is 48.0 Å². The Balaban J connectivity index is 1.74. The Morgan fingerprint density at radius 1 is 0.962 bits per heavy atom. The summed E-state index contributed by atoms with van der Waals surface area (Å²) in [5.74, 6) is -0.672. The number of Topliss-reactive ketones (excluding diaryl/α,β-unsaturated/α-hetero) is 2. The Morgan fingerprint density at radius 3 is 2.15 bits per heavy atom. The molecule has 1 heterocycles. The van der Waals surface area contributed by atoms with Crippen LogP contribution in [-0.2, 0) is 0 Å². The van der Waals surface area contributed by atoms with Crippen LogP contribution in [0.3, 0.4) is 0 Å². The Hall–Kier alpha value is -3.28. The first-order valence-corrected chi connectivity index (χ1v) is 8.50. The average molecular weight is 348 g/mol. The second-order valence-corrected chi connectivity index (χ2v) is 6.46. The summed E-state index contributed by atoms with van der Waals surface area (Å²) >= 11 is 0. The molecule has 0 amide bonds. The first-order valence-electron chi connectivity index (χ1n) is 8.50. The summed E-state index contributed by atoms with van der Waals surface area (Å²) in [7, 11) is 0. The lowest BCUT2D eigenvalue weighted by Gasteiger charge is -2.17. The van der Waals surface area contributed by atoms with Crippen LogP contribution in [0, 0.1) is 10.1 Å². The predicted molar refractivity (Wildman–Crippen MR) is 97.6 cm³/mol. The molecule has 0 unspecified atom stereocenters. The SMILES string of the molecule is O=C1C(=Cc2ccc(N3CCCC3)c([N+](=O)[O-])c2)C(=O)c2ccccc21. The van der Waals surface area contributed by atoms with Gasteiger partial charge in [0.25, 0.3) is 5.69 Å². The molecule has 1 aliphatic heterocycles. The maximum absolute atomic E-state index is 12.5. The molecule has 0 aromatic heterocycles. The van der Waals surface area contributed by atoms with Gasteiger partial charge in [-0.1, -0.05) is 30.3 Å². The van der Waals surface area contributed by atoms with Crippen molar-refractivity contribution in [3.63, 3.8) is 0 Å². The molecule has 0 N–H and O–H groups in total. The standard InChI is InChI=1S/C20H16N2O4/c23-19-14-5-1-2-6-15(14)20(24)16(19)11-13-7-8-17(18(12-13)22(25)26)21-9-3-4-10-21/h1-2,5-8,11-12H,3-4,9-10H2. The van der Waals surface area contributed by atoms with Crippen LogP contribution in [0.4, 0.5) is 11.4 Å². The Morgan fingerprint density at radius 2 is 1.58 bits per heavy atom. The smallest absolute Gasteiger partial charge is 0.293 e. The fraction of sp³-hybridized carbons (Fsp3) is 0.200. The van der Waals surface area contributed by atoms with Crippen molar-refractivity contribution in [3.05, 3.63) is 74.8 Å². The molecule has 130 valence electrons. The lowest BCUT2D eigenvalue weighted by atomic mass is 10.1. The number of hydrogen-bond donors (Lipinski definition) is 0. The number of allylic oxidation sites excluding steroid dienone is 1. The van der Waals surface area contributed by atoms with Gasteiger partial charge in [0.2, 0.25) is 0 Å². The molecule has 0 bridgehead atoms. The lowest BCUT2D eigenvalue weighted by Crippen LogP contribution is -2.18. The van der Waals surface area contributed by atoms with Gasteiger partial charge in [0, 0.05) is 30.3 Å². The minimum atomic E-state index is -0.414. The van der Waals surface area contributed by atoms with E-state index in [1.54, 1.807) is 36.4 Å². The number of fused-ring (bicyclic) bond motifs is 1. The van der Waals surface area contributed by atoms with E-state index in [4.69, 9.17) is 0 Å². The Labute approximate surface area is 149 Å². The van der Waals surface area contributed by atoms with E-state index in [1.165, 1.54) is 12.1 Å². The first kappa shape index (κ1) is 16.2. The number of carbonyl (C=O) groups excluding carboxylic acids is 2. The van der Waals surface area contributed by atoms with E-state index in [1.807, 2.05) is 4.90 Å². The van der Waals surface area contributed by atoms with E-state index in [0.717, 1.165) is 25.9 Å². The monoisotopic (exact) mass is 348 g/mol. The number of nitrogens with zero attached hydrogens (tertiary/aromatic N) is 2. The molecule has 2 aliphatic rings. The van der Waals surface area contributed by atoms with E-state index in [9.17, 15) is 19.7 Å². The van der Waals surface area contributed by atoms with E-state index in [0.29, 0.717) is 22.4 Å². The molecule has 4 rings (SSSR count). The number of nitro benzene ring substituents is 1. The summed E-state index contributed by atoms with van der Waals surface area (Å²) in [6, 6.07) is 11.5. The van der Waals surface area contributed by atoms with Gasteiger partial charge in [0.15, 0.2) is 11.6 Å². The highest BCUT2D eigenvalue weighted by Gasteiger charge is 2.32. The van der Waals surface area contributed by atoms with E-state index in [2.05, 4.69) is 0 Å². The molecular formula is C20H16N2O4. The maximum Gasteiger partial charge on any atom is 0.293 e. The van der Waals surface area contributed by atoms with Crippen molar-refractivity contribution in [2.75, 3.05) is 18.0 Å². The number of ketones is 2. The van der Waals surface area contributed by atoms with Crippen LogP contribution in [0.1, 0.15) is 39.1 Å². The molecule has 0 radical (unpaired) electrons. The molecule has 2 aromatic rings. The molecule has 26 heavy (non-hydrogen) atoms. The Bertz CT molecular complexity index is 935. The van der Waals surface area contributed by atoms with Gasteiger partial charge in [-0.05, 0) is 30.5 Å². The largest absolute Gasteiger partial charge is 0.366 e. The minimum absolute atomic E-state index is 0.00309. The summed E-state index contributed by atoms with van der Waals surface area (Å²) in [6.07, 6.45) is 3.49. The summed E-state index contributed by atoms with van der Waals surface area (Å²) < 4.78 is 0. The molecule has 1 aliphatic carbocycles. The van der Waals surface area contributed by atoms with Crippen molar-refractivity contribution in [3.8, 4) is 0 Å². The number of hydrogen-bond acceptors (Lipinski definition) is 5. The minimum Gasteiger partial charge on any atom is -0.366 e. The number of nitro groups is 1. The molecule has 6 nitrogen and oxygen atoms in total. The molecule has 2 aromatic carbocycles. The molecule has 0 atom stereocenters. The molecule has 0 spiro atoms. The van der Waals surface area contributed by atoms with E-state index >= 15 is 0 Å². The van der Waals surface area contributed by atoms with Crippen molar-refractivity contribution in [2.45, 2.75) is 12.8 Å². The number of anilines is 1. The van der Waals surface area contributed by atoms with Crippen molar-refractivity contribution >= 4 is 29.0 Å². The zero-order valence-corrected chi connectivity index (χ0v) is 14.0. The summed E-state index contributed by atoms with van der Waals surface area (Å²) in [4.78, 5) is 38.0. The van der Waals surface area contributed by atoms with Crippen LogP contribution in [0.25, 0.3) is 6.08 Å².